The van der Waals surface area contributed by atoms with Gasteiger partial charge in [-0.3, -0.25) is 4.79 Å². The number of para-hydroxylation sites is 1. The number of carbonyl (C=O) groups is 1. The zero-order valence-corrected chi connectivity index (χ0v) is 10.5. The van der Waals surface area contributed by atoms with E-state index in [1.54, 1.807) is 17.0 Å². The molecule has 2 heterocycles. The lowest BCUT2D eigenvalue weighted by Gasteiger charge is -2.28. The third kappa shape index (κ3) is 1.91. The minimum Gasteiger partial charge on any atom is -0.440 e. The highest BCUT2D eigenvalue weighted by atomic mass is 35.5. The van der Waals surface area contributed by atoms with Gasteiger partial charge in [-0.1, -0.05) is 18.2 Å². The van der Waals surface area contributed by atoms with Gasteiger partial charge in [0.05, 0.1) is 0 Å². The maximum absolute atomic E-state index is 12.3. The number of amides is 1. The van der Waals surface area contributed by atoms with E-state index in [4.69, 9.17) is 16.0 Å². The van der Waals surface area contributed by atoms with Crippen LogP contribution >= 0.6 is 11.6 Å². The molecule has 0 fully saturated rings. The molecule has 0 saturated heterocycles. The lowest BCUT2D eigenvalue weighted by atomic mass is 10.0. The molecule has 0 N–H and O–H groups in total. The van der Waals surface area contributed by atoms with Crippen LogP contribution in [0.1, 0.15) is 22.5 Å². The molecule has 0 unspecified atom stereocenters. The number of carbonyl (C=O) groups excluding carboxylic acids is 1. The lowest BCUT2D eigenvalue weighted by Crippen LogP contribution is -2.35. The SMILES string of the molecule is O=C(c1ccc(Cl)o1)N1CCCc2ccccc21. The Morgan fingerprint density at radius 1 is 1.22 bits per heavy atom. The summed E-state index contributed by atoms with van der Waals surface area (Å²) in [6.07, 6.45) is 1.98. The average Bonchev–Trinajstić information content (AvgIpc) is 2.84. The Morgan fingerprint density at radius 3 is 2.83 bits per heavy atom. The summed E-state index contributed by atoms with van der Waals surface area (Å²) in [6, 6.07) is 11.2. The van der Waals surface area contributed by atoms with Crippen molar-refractivity contribution in [2.24, 2.45) is 0 Å². The van der Waals surface area contributed by atoms with Crippen LogP contribution in [0.25, 0.3) is 0 Å². The van der Waals surface area contributed by atoms with Crippen LogP contribution in [0.4, 0.5) is 5.69 Å². The molecule has 3 rings (SSSR count). The van der Waals surface area contributed by atoms with Crippen LogP contribution in [-0.2, 0) is 6.42 Å². The molecule has 0 saturated carbocycles. The van der Waals surface area contributed by atoms with E-state index < -0.39 is 0 Å². The van der Waals surface area contributed by atoms with E-state index >= 15 is 0 Å². The number of hydrogen-bond acceptors (Lipinski definition) is 2. The largest absolute Gasteiger partial charge is 0.440 e. The van der Waals surface area contributed by atoms with Gasteiger partial charge in [-0.05, 0) is 48.2 Å². The van der Waals surface area contributed by atoms with Gasteiger partial charge in [-0.25, -0.2) is 0 Å². The fourth-order valence-corrected chi connectivity index (χ4v) is 2.45. The van der Waals surface area contributed by atoms with Crippen LogP contribution in [0.5, 0.6) is 0 Å². The molecule has 4 heteroatoms. The molecule has 2 aromatic rings. The van der Waals surface area contributed by atoms with E-state index in [9.17, 15) is 4.79 Å². The van der Waals surface area contributed by atoms with E-state index in [-0.39, 0.29) is 16.9 Å². The monoisotopic (exact) mass is 261 g/mol. The van der Waals surface area contributed by atoms with Crippen molar-refractivity contribution < 1.29 is 9.21 Å². The van der Waals surface area contributed by atoms with Gasteiger partial charge in [0.25, 0.3) is 5.91 Å². The summed E-state index contributed by atoms with van der Waals surface area (Å²) in [6.45, 7) is 0.716. The third-order valence-electron chi connectivity index (χ3n) is 3.14. The first-order valence-electron chi connectivity index (χ1n) is 5.91. The molecule has 18 heavy (non-hydrogen) atoms. The number of nitrogens with zero attached hydrogens (tertiary/aromatic N) is 1. The Kier molecular flexibility index (Phi) is 2.84. The van der Waals surface area contributed by atoms with E-state index in [1.807, 2.05) is 18.2 Å². The molecule has 1 aromatic carbocycles. The van der Waals surface area contributed by atoms with Gasteiger partial charge >= 0.3 is 0 Å². The number of benzene rings is 1. The van der Waals surface area contributed by atoms with Crippen LogP contribution in [0, 0.1) is 0 Å². The van der Waals surface area contributed by atoms with Crippen LogP contribution in [0.3, 0.4) is 0 Å². The second-order valence-electron chi connectivity index (χ2n) is 4.29. The summed E-state index contributed by atoms with van der Waals surface area (Å²) in [4.78, 5) is 14.1. The van der Waals surface area contributed by atoms with Gasteiger partial charge in [0.2, 0.25) is 0 Å². The first kappa shape index (κ1) is 11.4. The Balaban J connectivity index is 1.96. The van der Waals surface area contributed by atoms with Crippen molar-refractivity contribution in [3.63, 3.8) is 0 Å². The molecule has 0 aliphatic carbocycles. The van der Waals surface area contributed by atoms with Crippen LogP contribution in [-0.4, -0.2) is 12.5 Å². The van der Waals surface area contributed by atoms with Gasteiger partial charge < -0.3 is 9.32 Å². The van der Waals surface area contributed by atoms with Gasteiger partial charge in [-0.15, -0.1) is 0 Å². The van der Waals surface area contributed by atoms with Crippen molar-refractivity contribution in [1.29, 1.82) is 0 Å². The molecule has 0 radical (unpaired) electrons. The highest BCUT2D eigenvalue weighted by Crippen LogP contribution is 2.28. The minimum atomic E-state index is -0.131. The van der Waals surface area contributed by atoms with Crippen molar-refractivity contribution >= 4 is 23.2 Å². The van der Waals surface area contributed by atoms with Gasteiger partial charge in [-0.2, -0.15) is 0 Å². The Labute approximate surface area is 110 Å². The maximum atomic E-state index is 12.3. The van der Waals surface area contributed by atoms with Crippen LogP contribution < -0.4 is 4.90 Å². The minimum absolute atomic E-state index is 0.131. The van der Waals surface area contributed by atoms with E-state index in [2.05, 4.69) is 6.07 Å². The summed E-state index contributed by atoms with van der Waals surface area (Å²) in [5.74, 6) is 0.158. The lowest BCUT2D eigenvalue weighted by molar-refractivity contribution is 0.0958. The van der Waals surface area contributed by atoms with Crippen molar-refractivity contribution in [2.75, 3.05) is 11.4 Å². The average molecular weight is 262 g/mol. The summed E-state index contributed by atoms with van der Waals surface area (Å²) in [5.41, 5.74) is 2.18. The molecule has 1 amide bonds. The molecule has 0 bridgehead atoms. The number of aryl methyl sites for hydroxylation is 1. The number of halogens is 1. The Bertz CT molecular complexity index is 591. The van der Waals surface area contributed by atoms with Gasteiger partial charge in [0.1, 0.15) is 0 Å². The molecule has 1 aliphatic rings. The maximum Gasteiger partial charge on any atom is 0.294 e. The highest BCUT2D eigenvalue weighted by molar-refractivity contribution is 6.29. The molecule has 92 valence electrons. The summed E-state index contributed by atoms with van der Waals surface area (Å²) in [7, 11) is 0. The second kappa shape index (κ2) is 4.50. The van der Waals surface area contributed by atoms with Gasteiger partial charge in [0, 0.05) is 12.2 Å². The predicted molar refractivity (Wildman–Crippen MR) is 70.2 cm³/mol. The quantitative estimate of drug-likeness (QED) is 0.787. The van der Waals surface area contributed by atoms with Crippen molar-refractivity contribution in [3.05, 3.63) is 52.9 Å². The predicted octanol–water partition coefficient (Wildman–Crippen LogP) is 3.53. The van der Waals surface area contributed by atoms with Gasteiger partial charge in [0.15, 0.2) is 11.0 Å². The first-order valence-corrected chi connectivity index (χ1v) is 6.28. The fraction of sp³-hybridized carbons (Fsp3) is 0.214. The number of fused-ring (bicyclic) bond motifs is 1. The molecule has 0 atom stereocenters. The van der Waals surface area contributed by atoms with Crippen LogP contribution in [0.15, 0.2) is 40.8 Å². The number of anilines is 1. The second-order valence-corrected chi connectivity index (χ2v) is 4.67. The smallest absolute Gasteiger partial charge is 0.294 e. The zero-order chi connectivity index (χ0) is 12.5. The number of hydrogen-bond donors (Lipinski definition) is 0. The molecular weight excluding hydrogens is 250 g/mol. The first-order chi connectivity index (χ1) is 8.75. The fourth-order valence-electron chi connectivity index (χ4n) is 2.31. The van der Waals surface area contributed by atoms with Crippen molar-refractivity contribution in [2.45, 2.75) is 12.8 Å². The third-order valence-corrected chi connectivity index (χ3v) is 3.34. The number of rotatable bonds is 1. The van der Waals surface area contributed by atoms with Crippen molar-refractivity contribution in [3.8, 4) is 0 Å². The highest BCUT2D eigenvalue weighted by Gasteiger charge is 2.25. The standard InChI is InChI=1S/C14H12ClNO2/c15-13-8-7-12(18-13)14(17)16-9-3-5-10-4-1-2-6-11(10)16/h1-2,4,6-8H,3,5,9H2. The molecule has 1 aliphatic heterocycles. The number of furan rings is 1. The van der Waals surface area contributed by atoms with E-state index in [1.165, 1.54) is 5.56 Å². The molecule has 3 nitrogen and oxygen atoms in total. The topological polar surface area (TPSA) is 33.5 Å². The summed E-state index contributed by atoms with van der Waals surface area (Å²) >= 11 is 5.71. The van der Waals surface area contributed by atoms with E-state index in [0.29, 0.717) is 6.54 Å². The van der Waals surface area contributed by atoms with E-state index in [0.717, 1.165) is 18.5 Å². The Morgan fingerprint density at radius 2 is 2.06 bits per heavy atom. The Hall–Kier alpha value is -1.74. The zero-order valence-electron chi connectivity index (χ0n) is 9.73. The molecule has 1 aromatic heterocycles. The molecule has 0 spiro atoms. The normalized spacial score (nSPS) is 14.4. The van der Waals surface area contributed by atoms with Crippen LogP contribution in [0.2, 0.25) is 5.22 Å². The van der Waals surface area contributed by atoms with Crippen molar-refractivity contribution in [1.82, 2.24) is 0 Å². The summed E-state index contributed by atoms with van der Waals surface area (Å²) in [5, 5.41) is 0.239. The molecular formula is C14H12ClNO2. The summed E-state index contributed by atoms with van der Waals surface area (Å²) < 4.78 is 5.19.